The number of carbonyl (C=O) groups is 3. The van der Waals surface area contributed by atoms with Crippen molar-refractivity contribution in [3.8, 4) is 0 Å². The van der Waals surface area contributed by atoms with Crippen LogP contribution in [-0.4, -0.2) is 47.9 Å². The minimum atomic E-state index is -1.22. The first kappa shape index (κ1) is 24.6. The molecule has 1 aliphatic heterocycles. The predicted molar refractivity (Wildman–Crippen MR) is 123 cm³/mol. The molecule has 0 bridgehead atoms. The normalized spacial score (nSPS) is 17.0. The Morgan fingerprint density at radius 2 is 1.32 bits per heavy atom. The second kappa shape index (κ2) is 8.11. The molecule has 7 nitrogen and oxygen atoms in total. The molecule has 31 heavy (non-hydrogen) atoms. The molecule has 1 atom stereocenters. The highest BCUT2D eigenvalue weighted by molar-refractivity contribution is 6.14. The predicted octanol–water partition coefficient (Wildman–Crippen LogP) is 2.79. The number of hydrogen-bond donors (Lipinski definition) is 3. The first-order valence-electron chi connectivity index (χ1n) is 10.5. The Balaban J connectivity index is 2.35. The molecule has 1 aliphatic rings. The molecule has 0 spiro atoms. The Labute approximate surface area is 185 Å². The number of hydrogen-bond acceptors (Lipinski definition) is 5. The van der Waals surface area contributed by atoms with Crippen molar-refractivity contribution in [2.45, 2.75) is 65.1 Å². The number of nitrogens with zero attached hydrogens (tertiary/aromatic N) is 1. The van der Waals surface area contributed by atoms with Crippen molar-refractivity contribution < 1.29 is 14.4 Å². The molecule has 1 heterocycles. The third-order valence-corrected chi connectivity index (χ3v) is 7.41. The summed E-state index contributed by atoms with van der Waals surface area (Å²) in [5.74, 6) is -1.14. The van der Waals surface area contributed by atoms with Gasteiger partial charge in [-0.25, -0.2) is 0 Å². The molecule has 0 radical (unpaired) electrons. The van der Waals surface area contributed by atoms with Gasteiger partial charge >= 0.3 is 0 Å². The quantitative estimate of drug-likeness (QED) is 0.554. The standard InChI is InChI=1S/C24H36N4O3/c1-21(2,16-10-12-17(25-8)13-11-16)23(5,6)27-20(31)22(3,4)24(7,26-9)28-18(29)14-15-19(28)30/h10-15,25-26H,1-9H3,(H,27,31). The molecule has 0 fully saturated rings. The molecule has 0 saturated carbocycles. The summed E-state index contributed by atoms with van der Waals surface area (Å²) in [7, 11) is 3.52. The van der Waals surface area contributed by atoms with E-state index in [4.69, 9.17) is 0 Å². The van der Waals surface area contributed by atoms with Crippen LogP contribution in [0.1, 0.15) is 54.0 Å². The smallest absolute Gasteiger partial charge is 0.255 e. The fourth-order valence-corrected chi connectivity index (χ4v) is 3.78. The molecular formula is C24H36N4O3. The topological polar surface area (TPSA) is 90.5 Å². The number of anilines is 1. The van der Waals surface area contributed by atoms with Crippen LogP contribution in [0.5, 0.6) is 0 Å². The fraction of sp³-hybridized carbons (Fsp3) is 0.542. The summed E-state index contributed by atoms with van der Waals surface area (Å²) in [5, 5.41) is 9.35. The van der Waals surface area contributed by atoms with Gasteiger partial charge in [0.1, 0.15) is 5.66 Å². The Hall–Kier alpha value is -2.67. The van der Waals surface area contributed by atoms with Crippen LogP contribution in [0.4, 0.5) is 5.69 Å². The lowest BCUT2D eigenvalue weighted by Crippen LogP contribution is -2.71. The number of carbonyl (C=O) groups excluding carboxylic acids is 3. The molecule has 0 aliphatic carbocycles. The maximum atomic E-state index is 13.6. The van der Waals surface area contributed by atoms with Crippen LogP contribution >= 0.6 is 0 Å². The van der Waals surface area contributed by atoms with E-state index in [9.17, 15) is 14.4 Å². The lowest BCUT2D eigenvalue weighted by molar-refractivity contribution is -0.157. The van der Waals surface area contributed by atoms with Crippen LogP contribution in [0.3, 0.4) is 0 Å². The van der Waals surface area contributed by atoms with Gasteiger partial charge in [-0.15, -0.1) is 0 Å². The van der Waals surface area contributed by atoms with E-state index < -0.39 is 33.8 Å². The number of rotatable bonds is 8. The zero-order chi connectivity index (χ0) is 23.8. The molecule has 1 unspecified atom stereocenters. The van der Waals surface area contributed by atoms with Gasteiger partial charge in [0, 0.05) is 35.8 Å². The van der Waals surface area contributed by atoms with Gasteiger partial charge < -0.3 is 10.6 Å². The number of nitrogens with one attached hydrogen (secondary N) is 3. The number of benzene rings is 1. The monoisotopic (exact) mass is 428 g/mol. The number of imide groups is 1. The van der Waals surface area contributed by atoms with Crippen molar-refractivity contribution in [1.82, 2.24) is 15.5 Å². The van der Waals surface area contributed by atoms with Gasteiger partial charge in [0.25, 0.3) is 11.8 Å². The van der Waals surface area contributed by atoms with Crippen molar-refractivity contribution in [2.75, 3.05) is 19.4 Å². The molecule has 1 aromatic rings. The third kappa shape index (κ3) is 3.99. The van der Waals surface area contributed by atoms with E-state index in [-0.39, 0.29) is 5.91 Å². The Morgan fingerprint density at radius 3 is 1.74 bits per heavy atom. The van der Waals surface area contributed by atoms with Crippen LogP contribution < -0.4 is 16.0 Å². The zero-order valence-electron chi connectivity index (χ0n) is 20.1. The van der Waals surface area contributed by atoms with Crippen molar-refractivity contribution in [2.24, 2.45) is 5.41 Å². The van der Waals surface area contributed by atoms with Crippen molar-refractivity contribution in [1.29, 1.82) is 0 Å². The van der Waals surface area contributed by atoms with Gasteiger partial charge in [0.2, 0.25) is 5.91 Å². The van der Waals surface area contributed by atoms with E-state index in [1.54, 1.807) is 27.8 Å². The van der Waals surface area contributed by atoms with E-state index in [0.29, 0.717) is 0 Å². The van der Waals surface area contributed by atoms with Gasteiger partial charge in [-0.3, -0.25) is 24.6 Å². The molecule has 170 valence electrons. The summed E-state index contributed by atoms with van der Waals surface area (Å²) in [6, 6.07) is 8.12. The average Bonchev–Trinajstić information content (AvgIpc) is 3.05. The summed E-state index contributed by atoms with van der Waals surface area (Å²) in [6.07, 6.45) is 2.46. The molecule has 0 saturated heterocycles. The van der Waals surface area contributed by atoms with Crippen LogP contribution in [-0.2, 0) is 19.8 Å². The van der Waals surface area contributed by atoms with Crippen LogP contribution in [0.2, 0.25) is 0 Å². The van der Waals surface area contributed by atoms with Crippen LogP contribution in [0, 0.1) is 5.41 Å². The van der Waals surface area contributed by atoms with E-state index in [2.05, 4.69) is 41.9 Å². The second-order valence-corrected chi connectivity index (χ2v) is 9.82. The Kier molecular flexibility index (Phi) is 6.44. The lowest BCUT2D eigenvalue weighted by atomic mass is 9.68. The minimum absolute atomic E-state index is 0.262. The minimum Gasteiger partial charge on any atom is -0.388 e. The van der Waals surface area contributed by atoms with E-state index in [1.165, 1.54) is 12.2 Å². The summed E-state index contributed by atoms with van der Waals surface area (Å²) in [6.45, 7) is 13.3. The highest BCUT2D eigenvalue weighted by atomic mass is 16.2. The molecule has 1 aromatic carbocycles. The molecule has 7 heteroatoms. The SMILES string of the molecule is CNc1ccc(C(C)(C)C(C)(C)NC(=O)C(C)(C)C(C)(NC)N2C(=O)C=CC2=O)cc1. The van der Waals surface area contributed by atoms with E-state index >= 15 is 0 Å². The van der Waals surface area contributed by atoms with E-state index in [0.717, 1.165) is 16.2 Å². The third-order valence-electron chi connectivity index (χ3n) is 7.41. The largest absolute Gasteiger partial charge is 0.388 e. The molecule has 3 N–H and O–H groups in total. The number of amides is 3. The summed E-state index contributed by atoms with van der Waals surface area (Å²) in [5.41, 5.74) is -1.27. The van der Waals surface area contributed by atoms with Gasteiger partial charge in [-0.1, -0.05) is 26.0 Å². The van der Waals surface area contributed by atoms with E-state index in [1.807, 2.05) is 33.0 Å². The second-order valence-electron chi connectivity index (χ2n) is 9.82. The molecule has 0 aromatic heterocycles. The Morgan fingerprint density at radius 1 is 0.839 bits per heavy atom. The first-order valence-corrected chi connectivity index (χ1v) is 10.5. The lowest BCUT2D eigenvalue weighted by Gasteiger charge is -2.50. The van der Waals surface area contributed by atoms with Crippen molar-refractivity contribution in [3.05, 3.63) is 42.0 Å². The molecule has 2 rings (SSSR count). The summed E-state index contributed by atoms with van der Waals surface area (Å²) >= 11 is 0. The van der Waals surface area contributed by atoms with Gasteiger partial charge in [0.05, 0.1) is 5.41 Å². The van der Waals surface area contributed by atoms with Gasteiger partial charge in [0.15, 0.2) is 0 Å². The van der Waals surface area contributed by atoms with Crippen LogP contribution in [0.25, 0.3) is 0 Å². The first-order chi connectivity index (χ1) is 14.2. The maximum absolute atomic E-state index is 13.6. The molecule has 3 amide bonds. The summed E-state index contributed by atoms with van der Waals surface area (Å²) < 4.78 is 0. The summed E-state index contributed by atoms with van der Waals surface area (Å²) in [4.78, 5) is 39.5. The van der Waals surface area contributed by atoms with Crippen molar-refractivity contribution >= 4 is 23.4 Å². The Bertz CT molecular complexity index is 882. The highest BCUT2D eigenvalue weighted by Gasteiger charge is 2.55. The zero-order valence-corrected chi connectivity index (χ0v) is 20.1. The van der Waals surface area contributed by atoms with Crippen LogP contribution in [0.15, 0.2) is 36.4 Å². The average molecular weight is 429 g/mol. The van der Waals surface area contributed by atoms with Gasteiger partial charge in [-0.2, -0.15) is 0 Å². The highest BCUT2D eigenvalue weighted by Crippen LogP contribution is 2.39. The van der Waals surface area contributed by atoms with Crippen molar-refractivity contribution in [3.63, 3.8) is 0 Å². The fourth-order valence-electron chi connectivity index (χ4n) is 3.78. The maximum Gasteiger partial charge on any atom is 0.255 e. The van der Waals surface area contributed by atoms with Gasteiger partial charge in [-0.05, 0) is 59.4 Å². The molecular weight excluding hydrogens is 392 g/mol.